The zero-order chi connectivity index (χ0) is 12.4. The number of rotatable bonds is 2. The van der Waals surface area contributed by atoms with Gasteiger partial charge >= 0.3 is 0 Å². The van der Waals surface area contributed by atoms with E-state index in [1.54, 1.807) is 0 Å². The third kappa shape index (κ3) is 2.25. The van der Waals surface area contributed by atoms with Gasteiger partial charge in [0.2, 0.25) is 0 Å². The average molecular weight is 244 g/mol. The molecule has 1 fully saturated rings. The SMILES string of the molecule is CCN1CCC(C2=CCN3C=CN=CC3=N2)CC1. The van der Waals surface area contributed by atoms with Gasteiger partial charge < -0.3 is 9.80 Å². The maximum atomic E-state index is 4.76. The van der Waals surface area contributed by atoms with Crippen LogP contribution in [0.5, 0.6) is 0 Å². The lowest BCUT2D eigenvalue weighted by atomic mass is 9.92. The lowest BCUT2D eigenvalue weighted by molar-refractivity contribution is 0.207. The number of hydrogen-bond acceptors (Lipinski definition) is 4. The van der Waals surface area contributed by atoms with E-state index in [0.29, 0.717) is 5.92 Å². The summed E-state index contributed by atoms with van der Waals surface area (Å²) in [5, 5.41) is 0. The van der Waals surface area contributed by atoms with Crippen molar-refractivity contribution in [2.75, 3.05) is 26.2 Å². The van der Waals surface area contributed by atoms with E-state index < -0.39 is 0 Å². The molecular weight excluding hydrogens is 224 g/mol. The standard InChI is InChI=1S/C14H20N4/c1-2-17-7-3-12(4-8-17)13-5-9-18-10-6-15-11-14(18)16-13/h5-6,10-12H,2-4,7-9H2,1H3. The van der Waals surface area contributed by atoms with E-state index in [0.717, 1.165) is 12.4 Å². The predicted molar refractivity (Wildman–Crippen MR) is 74.7 cm³/mol. The largest absolute Gasteiger partial charge is 0.326 e. The summed E-state index contributed by atoms with van der Waals surface area (Å²) in [6, 6.07) is 0. The number of allylic oxidation sites excluding steroid dienone is 1. The van der Waals surface area contributed by atoms with Gasteiger partial charge in [0, 0.05) is 30.6 Å². The topological polar surface area (TPSA) is 31.2 Å². The molecule has 4 nitrogen and oxygen atoms in total. The van der Waals surface area contributed by atoms with E-state index in [9.17, 15) is 0 Å². The molecule has 3 aliphatic rings. The third-order valence-corrected chi connectivity index (χ3v) is 4.01. The van der Waals surface area contributed by atoms with Gasteiger partial charge in [0.15, 0.2) is 5.84 Å². The first-order valence-corrected chi connectivity index (χ1v) is 6.84. The van der Waals surface area contributed by atoms with Crippen molar-refractivity contribution in [2.45, 2.75) is 19.8 Å². The summed E-state index contributed by atoms with van der Waals surface area (Å²) in [7, 11) is 0. The average Bonchev–Trinajstić information content (AvgIpc) is 2.47. The van der Waals surface area contributed by atoms with Gasteiger partial charge in [-0.15, -0.1) is 0 Å². The molecule has 0 spiro atoms. The Hall–Kier alpha value is -1.42. The maximum Gasteiger partial charge on any atom is 0.151 e. The molecule has 18 heavy (non-hydrogen) atoms. The van der Waals surface area contributed by atoms with E-state index in [1.807, 2.05) is 18.6 Å². The van der Waals surface area contributed by atoms with Crippen LogP contribution in [0.1, 0.15) is 19.8 Å². The Balaban J connectivity index is 1.68. The van der Waals surface area contributed by atoms with Crippen LogP contribution in [0.15, 0.2) is 34.2 Å². The minimum absolute atomic E-state index is 0.641. The van der Waals surface area contributed by atoms with E-state index >= 15 is 0 Å². The molecule has 3 aliphatic heterocycles. The number of hydrogen-bond donors (Lipinski definition) is 0. The van der Waals surface area contributed by atoms with Crippen molar-refractivity contribution in [3.63, 3.8) is 0 Å². The van der Waals surface area contributed by atoms with Gasteiger partial charge in [-0.1, -0.05) is 6.92 Å². The fourth-order valence-corrected chi connectivity index (χ4v) is 2.80. The second-order valence-electron chi connectivity index (χ2n) is 5.04. The van der Waals surface area contributed by atoms with Crippen LogP contribution in [0.2, 0.25) is 0 Å². The van der Waals surface area contributed by atoms with Crippen LogP contribution in [0, 0.1) is 5.92 Å². The van der Waals surface area contributed by atoms with Gasteiger partial charge in [-0.25, -0.2) is 4.99 Å². The van der Waals surface area contributed by atoms with Crippen LogP contribution in [-0.2, 0) is 0 Å². The van der Waals surface area contributed by atoms with Crippen molar-refractivity contribution in [2.24, 2.45) is 15.9 Å². The quantitative estimate of drug-likeness (QED) is 0.742. The van der Waals surface area contributed by atoms with Crippen molar-refractivity contribution in [3.05, 3.63) is 24.2 Å². The second-order valence-corrected chi connectivity index (χ2v) is 5.04. The number of likely N-dealkylation sites (tertiary alicyclic amines) is 1. The molecule has 4 heteroatoms. The molecule has 0 unspecified atom stereocenters. The van der Waals surface area contributed by atoms with Gasteiger partial charge in [-0.3, -0.25) is 4.99 Å². The number of fused-ring (bicyclic) bond motifs is 1. The van der Waals surface area contributed by atoms with E-state index in [1.165, 1.54) is 38.2 Å². The van der Waals surface area contributed by atoms with Crippen molar-refractivity contribution in [1.29, 1.82) is 0 Å². The molecule has 3 rings (SSSR count). The zero-order valence-corrected chi connectivity index (χ0v) is 10.9. The van der Waals surface area contributed by atoms with Gasteiger partial charge in [-0.05, 0) is 38.6 Å². The Kier molecular flexibility index (Phi) is 3.28. The second kappa shape index (κ2) is 5.06. The zero-order valence-electron chi connectivity index (χ0n) is 10.9. The smallest absolute Gasteiger partial charge is 0.151 e. The number of nitrogens with zero attached hydrogens (tertiary/aromatic N) is 4. The Morgan fingerprint density at radius 1 is 1.33 bits per heavy atom. The molecule has 0 aromatic carbocycles. The van der Waals surface area contributed by atoms with Crippen LogP contribution in [0.25, 0.3) is 0 Å². The molecule has 0 radical (unpaired) electrons. The molecule has 0 amide bonds. The summed E-state index contributed by atoms with van der Waals surface area (Å²) in [4.78, 5) is 13.6. The van der Waals surface area contributed by atoms with Crippen molar-refractivity contribution in [1.82, 2.24) is 9.80 Å². The molecule has 0 N–H and O–H groups in total. The summed E-state index contributed by atoms with van der Waals surface area (Å²) in [5.41, 5.74) is 1.28. The summed E-state index contributed by atoms with van der Waals surface area (Å²) in [6.45, 7) is 6.77. The van der Waals surface area contributed by atoms with Crippen LogP contribution >= 0.6 is 0 Å². The highest BCUT2D eigenvalue weighted by Crippen LogP contribution is 2.27. The van der Waals surface area contributed by atoms with Gasteiger partial charge in [0.05, 0.1) is 6.21 Å². The van der Waals surface area contributed by atoms with Gasteiger partial charge in [0.1, 0.15) is 0 Å². The summed E-state index contributed by atoms with van der Waals surface area (Å²) in [6.07, 6.45) is 10.4. The minimum Gasteiger partial charge on any atom is -0.326 e. The number of piperidine rings is 1. The first kappa shape index (κ1) is 11.7. The predicted octanol–water partition coefficient (Wildman–Crippen LogP) is 1.87. The maximum absolute atomic E-state index is 4.76. The van der Waals surface area contributed by atoms with Crippen LogP contribution in [-0.4, -0.2) is 48.0 Å². The van der Waals surface area contributed by atoms with Crippen LogP contribution in [0.3, 0.4) is 0 Å². The van der Waals surface area contributed by atoms with Crippen molar-refractivity contribution in [3.8, 4) is 0 Å². The molecule has 3 heterocycles. The lowest BCUT2D eigenvalue weighted by Gasteiger charge is -2.33. The lowest BCUT2D eigenvalue weighted by Crippen LogP contribution is -2.36. The fourth-order valence-electron chi connectivity index (χ4n) is 2.80. The molecule has 0 aromatic rings. The highest BCUT2D eigenvalue weighted by molar-refractivity contribution is 6.30. The highest BCUT2D eigenvalue weighted by atomic mass is 15.2. The molecular formula is C14H20N4. The van der Waals surface area contributed by atoms with E-state index in [-0.39, 0.29) is 0 Å². The molecule has 0 saturated carbocycles. The Labute approximate surface area is 108 Å². The van der Waals surface area contributed by atoms with Gasteiger partial charge in [-0.2, -0.15) is 0 Å². The van der Waals surface area contributed by atoms with Crippen molar-refractivity contribution < 1.29 is 0 Å². The van der Waals surface area contributed by atoms with Gasteiger partial charge in [0.25, 0.3) is 0 Å². The Morgan fingerprint density at radius 2 is 2.17 bits per heavy atom. The van der Waals surface area contributed by atoms with Crippen LogP contribution < -0.4 is 0 Å². The van der Waals surface area contributed by atoms with Crippen LogP contribution in [0.4, 0.5) is 0 Å². The molecule has 0 aromatic heterocycles. The summed E-state index contributed by atoms with van der Waals surface area (Å²) in [5.74, 6) is 1.63. The molecule has 0 aliphatic carbocycles. The Morgan fingerprint density at radius 3 is 2.94 bits per heavy atom. The first-order chi connectivity index (χ1) is 8.86. The highest BCUT2D eigenvalue weighted by Gasteiger charge is 2.24. The molecule has 96 valence electrons. The summed E-state index contributed by atoms with van der Waals surface area (Å²) >= 11 is 0. The Bertz CT molecular complexity index is 425. The molecule has 0 atom stereocenters. The minimum atomic E-state index is 0.641. The monoisotopic (exact) mass is 244 g/mol. The van der Waals surface area contributed by atoms with E-state index in [2.05, 4.69) is 27.8 Å². The third-order valence-electron chi connectivity index (χ3n) is 4.01. The molecule has 0 bridgehead atoms. The number of aliphatic imine (C=N–C) groups is 2. The number of amidine groups is 1. The first-order valence-electron chi connectivity index (χ1n) is 6.84. The molecule has 1 saturated heterocycles. The summed E-state index contributed by atoms with van der Waals surface area (Å²) < 4.78 is 0. The van der Waals surface area contributed by atoms with Crippen molar-refractivity contribution >= 4 is 12.1 Å². The van der Waals surface area contributed by atoms with E-state index in [4.69, 9.17) is 4.99 Å². The normalized spacial score (nSPS) is 24.8. The fraction of sp³-hybridized carbons (Fsp3) is 0.571.